The molecule has 0 radical (unpaired) electrons. The summed E-state index contributed by atoms with van der Waals surface area (Å²) >= 11 is 0. The standard InChI is InChI=1S/C32H41FN2O3/c1-3-5-7-8-9-10-11-13-21-37-28-19-20-29(30(33)22-28)32(36)38-27-17-15-26(16-18-27)31-34-23-25(24-35-31)14-12-6-4-2/h15-20,22-24H,3-14,21H2,1-2H3. The molecule has 0 aliphatic rings. The monoisotopic (exact) mass is 520 g/mol. The topological polar surface area (TPSA) is 61.3 Å². The summed E-state index contributed by atoms with van der Waals surface area (Å²) in [5, 5.41) is 0. The first kappa shape index (κ1) is 29.3. The van der Waals surface area contributed by atoms with Crippen LogP contribution in [-0.2, 0) is 6.42 Å². The summed E-state index contributed by atoms with van der Waals surface area (Å²) in [7, 11) is 0. The third kappa shape index (κ3) is 9.88. The van der Waals surface area contributed by atoms with Gasteiger partial charge in [-0.15, -0.1) is 0 Å². The van der Waals surface area contributed by atoms with Crippen LogP contribution in [0.4, 0.5) is 4.39 Å². The lowest BCUT2D eigenvalue weighted by Crippen LogP contribution is -2.11. The van der Waals surface area contributed by atoms with Crippen molar-refractivity contribution in [1.29, 1.82) is 0 Å². The number of ether oxygens (including phenoxy) is 2. The van der Waals surface area contributed by atoms with E-state index in [1.54, 1.807) is 30.3 Å². The highest BCUT2D eigenvalue weighted by Crippen LogP contribution is 2.22. The Labute approximate surface area is 226 Å². The Balaban J connectivity index is 1.44. The number of esters is 1. The van der Waals surface area contributed by atoms with Crippen molar-refractivity contribution in [3.8, 4) is 22.9 Å². The number of aryl methyl sites for hydroxylation is 1. The predicted molar refractivity (Wildman–Crippen MR) is 150 cm³/mol. The van der Waals surface area contributed by atoms with E-state index in [9.17, 15) is 9.18 Å². The van der Waals surface area contributed by atoms with Gasteiger partial charge in [0.25, 0.3) is 0 Å². The molecule has 6 heteroatoms. The Hall–Kier alpha value is -3.28. The fraction of sp³-hybridized carbons (Fsp3) is 0.469. The summed E-state index contributed by atoms with van der Waals surface area (Å²) in [6, 6.07) is 11.1. The molecule has 1 aromatic heterocycles. The molecule has 0 spiro atoms. The molecule has 0 unspecified atom stereocenters. The van der Waals surface area contributed by atoms with Gasteiger partial charge in [-0.2, -0.15) is 0 Å². The van der Waals surface area contributed by atoms with Crippen molar-refractivity contribution >= 4 is 5.97 Å². The molecule has 3 aromatic rings. The lowest BCUT2D eigenvalue weighted by atomic mass is 10.1. The van der Waals surface area contributed by atoms with Crippen LogP contribution in [-0.4, -0.2) is 22.5 Å². The van der Waals surface area contributed by atoms with Crippen LogP contribution in [0.25, 0.3) is 11.4 Å². The van der Waals surface area contributed by atoms with Crippen molar-refractivity contribution in [1.82, 2.24) is 9.97 Å². The Morgan fingerprint density at radius 1 is 0.763 bits per heavy atom. The van der Waals surface area contributed by atoms with Crippen LogP contribution in [0.1, 0.15) is 100 Å². The van der Waals surface area contributed by atoms with Gasteiger partial charge < -0.3 is 9.47 Å². The van der Waals surface area contributed by atoms with Gasteiger partial charge in [-0.1, -0.05) is 71.6 Å². The summed E-state index contributed by atoms with van der Waals surface area (Å²) in [6.07, 6.45) is 17.9. The highest BCUT2D eigenvalue weighted by molar-refractivity contribution is 5.91. The number of hydrogen-bond acceptors (Lipinski definition) is 5. The zero-order chi connectivity index (χ0) is 27.0. The molecule has 3 rings (SSSR count). The number of hydrogen-bond donors (Lipinski definition) is 0. The van der Waals surface area contributed by atoms with Gasteiger partial charge in [0.15, 0.2) is 5.82 Å². The predicted octanol–water partition coefficient (Wildman–Crippen LogP) is 8.75. The Morgan fingerprint density at radius 3 is 2.03 bits per heavy atom. The van der Waals surface area contributed by atoms with Gasteiger partial charge in [0.05, 0.1) is 12.2 Å². The Bertz CT molecular complexity index is 1100. The van der Waals surface area contributed by atoms with Crippen LogP contribution >= 0.6 is 0 Å². The van der Waals surface area contributed by atoms with Gasteiger partial charge in [0.1, 0.15) is 17.3 Å². The van der Waals surface area contributed by atoms with Crippen LogP contribution in [0.5, 0.6) is 11.5 Å². The average Bonchev–Trinajstić information content (AvgIpc) is 2.93. The number of halogens is 1. The number of unbranched alkanes of at least 4 members (excludes halogenated alkanes) is 9. The highest BCUT2D eigenvalue weighted by Gasteiger charge is 2.15. The van der Waals surface area contributed by atoms with E-state index >= 15 is 0 Å². The van der Waals surface area contributed by atoms with Crippen LogP contribution in [0, 0.1) is 5.82 Å². The molecule has 0 aliphatic carbocycles. The van der Waals surface area contributed by atoms with Gasteiger partial charge in [0, 0.05) is 24.0 Å². The van der Waals surface area contributed by atoms with Crippen molar-refractivity contribution in [3.63, 3.8) is 0 Å². The van der Waals surface area contributed by atoms with E-state index < -0.39 is 11.8 Å². The molecule has 204 valence electrons. The molecule has 38 heavy (non-hydrogen) atoms. The number of aromatic nitrogens is 2. The van der Waals surface area contributed by atoms with Crippen molar-refractivity contribution in [3.05, 3.63) is 71.8 Å². The maximum absolute atomic E-state index is 14.6. The lowest BCUT2D eigenvalue weighted by Gasteiger charge is -2.09. The largest absolute Gasteiger partial charge is 0.493 e. The van der Waals surface area contributed by atoms with Crippen molar-refractivity contribution in [2.75, 3.05) is 6.61 Å². The fourth-order valence-corrected chi connectivity index (χ4v) is 4.22. The van der Waals surface area contributed by atoms with Gasteiger partial charge in [-0.3, -0.25) is 0 Å². The van der Waals surface area contributed by atoms with Crippen LogP contribution in [0.3, 0.4) is 0 Å². The number of carbonyl (C=O) groups is 1. The molecule has 0 atom stereocenters. The van der Waals surface area contributed by atoms with E-state index in [0.29, 0.717) is 23.9 Å². The molecule has 0 saturated heterocycles. The van der Waals surface area contributed by atoms with Crippen LogP contribution in [0.2, 0.25) is 0 Å². The van der Waals surface area contributed by atoms with Gasteiger partial charge in [-0.25, -0.2) is 19.2 Å². The first-order chi connectivity index (χ1) is 18.6. The SMILES string of the molecule is CCCCCCCCCCOc1ccc(C(=O)Oc2ccc(-c3ncc(CCCCC)cn3)cc2)c(F)c1. The van der Waals surface area contributed by atoms with Gasteiger partial charge in [-0.05, 0) is 61.2 Å². The third-order valence-electron chi connectivity index (χ3n) is 6.52. The fourth-order valence-electron chi connectivity index (χ4n) is 4.22. The van der Waals surface area contributed by atoms with E-state index in [2.05, 4.69) is 23.8 Å². The first-order valence-corrected chi connectivity index (χ1v) is 14.2. The second-order valence-corrected chi connectivity index (χ2v) is 9.75. The molecule has 0 aliphatic heterocycles. The van der Waals surface area contributed by atoms with Crippen molar-refractivity contribution < 1.29 is 18.7 Å². The van der Waals surface area contributed by atoms with E-state index in [4.69, 9.17) is 9.47 Å². The number of carbonyl (C=O) groups excluding carboxylic acids is 1. The molecular weight excluding hydrogens is 479 g/mol. The summed E-state index contributed by atoms with van der Waals surface area (Å²) in [6.45, 7) is 4.94. The average molecular weight is 521 g/mol. The molecule has 0 fully saturated rings. The zero-order valence-electron chi connectivity index (χ0n) is 22.9. The van der Waals surface area contributed by atoms with Crippen molar-refractivity contribution in [2.45, 2.75) is 90.9 Å². The Morgan fingerprint density at radius 2 is 1.37 bits per heavy atom. The van der Waals surface area contributed by atoms with Gasteiger partial charge in [0.2, 0.25) is 0 Å². The normalized spacial score (nSPS) is 10.9. The zero-order valence-corrected chi connectivity index (χ0v) is 22.9. The Kier molecular flexibility index (Phi) is 12.7. The minimum atomic E-state index is -0.752. The molecule has 2 aromatic carbocycles. The maximum Gasteiger partial charge on any atom is 0.346 e. The molecule has 0 amide bonds. The summed E-state index contributed by atoms with van der Waals surface area (Å²) < 4.78 is 25.7. The van der Waals surface area contributed by atoms with E-state index in [1.165, 1.54) is 63.5 Å². The first-order valence-electron chi connectivity index (χ1n) is 14.2. The quantitative estimate of drug-likeness (QED) is 0.101. The van der Waals surface area contributed by atoms with Crippen molar-refractivity contribution in [2.24, 2.45) is 0 Å². The summed E-state index contributed by atoms with van der Waals surface area (Å²) in [5.74, 6) is -0.0622. The minimum absolute atomic E-state index is 0.129. The molecule has 1 heterocycles. The second kappa shape index (κ2) is 16.5. The molecule has 0 N–H and O–H groups in total. The summed E-state index contributed by atoms with van der Waals surface area (Å²) in [4.78, 5) is 21.5. The van der Waals surface area contributed by atoms with Crippen LogP contribution < -0.4 is 9.47 Å². The van der Waals surface area contributed by atoms with E-state index in [1.807, 2.05) is 12.4 Å². The maximum atomic E-state index is 14.6. The summed E-state index contributed by atoms with van der Waals surface area (Å²) in [5.41, 5.74) is 1.81. The number of rotatable bonds is 17. The van der Waals surface area contributed by atoms with E-state index in [0.717, 1.165) is 36.8 Å². The lowest BCUT2D eigenvalue weighted by molar-refractivity contribution is 0.0730. The molecule has 0 saturated carbocycles. The van der Waals surface area contributed by atoms with E-state index in [-0.39, 0.29) is 5.56 Å². The second-order valence-electron chi connectivity index (χ2n) is 9.75. The number of nitrogens with zero attached hydrogens (tertiary/aromatic N) is 2. The van der Waals surface area contributed by atoms with Crippen LogP contribution in [0.15, 0.2) is 54.9 Å². The molecule has 5 nitrogen and oxygen atoms in total. The minimum Gasteiger partial charge on any atom is -0.493 e. The third-order valence-corrected chi connectivity index (χ3v) is 6.52. The highest BCUT2D eigenvalue weighted by atomic mass is 19.1. The van der Waals surface area contributed by atoms with Gasteiger partial charge >= 0.3 is 5.97 Å². The molecular formula is C32H41FN2O3. The number of benzene rings is 2. The smallest absolute Gasteiger partial charge is 0.346 e. The molecule has 0 bridgehead atoms.